The molecule has 3 atom stereocenters. The van der Waals surface area contributed by atoms with Gasteiger partial charge >= 0.3 is 5.97 Å². The Morgan fingerprint density at radius 1 is 1.15 bits per heavy atom. The third-order valence-electron chi connectivity index (χ3n) is 8.56. The second-order valence-corrected chi connectivity index (χ2v) is 13.8. The van der Waals surface area contributed by atoms with Crippen LogP contribution >= 0.6 is 0 Å². The van der Waals surface area contributed by atoms with Crippen LogP contribution in [0.5, 0.6) is 5.75 Å². The van der Waals surface area contributed by atoms with Crippen molar-refractivity contribution in [2.75, 3.05) is 72.3 Å². The minimum absolute atomic E-state index is 0.0122. The van der Waals surface area contributed by atoms with Gasteiger partial charge in [-0.05, 0) is 63.5 Å². The number of hydrogen-bond donors (Lipinski definition) is 1. The van der Waals surface area contributed by atoms with E-state index in [2.05, 4.69) is 17.9 Å². The SMILES string of the molecule is CCCCN(CCCN(C)C)C(=O)CN1CC(c2ccc3c(c2)CCO3)C(C(=O)O)C1CCN1CCCS1(=O)=O. The van der Waals surface area contributed by atoms with Crippen LogP contribution < -0.4 is 4.74 Å². The Bertz CT molecular complexity index is 1140. The molecule has 3 aliphatic heterocycles. The van der Waals surface area contributed by atoms with Crippen LogP contribution in [0, 0.1) is 5.92 Å². The molecule has 0 radical (unpaired) electrons. The van der Waals surface area contributed by atoms with Gasteiger partial charge in [0.05, 0.1) is 24.8 Å². The van der Waals surface area contributed by atoms with E-state index in [1.807, 2.05) is 36.0 Å². The highest BCUT2D eigenvalue weighted by molar-refractivity contribution is 7.89. The van der Waals surface area contributed by atoms with Crippen molar-refractivity contribution in [3.63, 3.8) is 0 Å². The van der Waals surface area contributed by atoms with Gasteiger partial charge in [0.15, 0.2) is 0 Å². The van der Waals surface area contributed by atoms with Crippen molar-refractivity contribution in [3.8, 4) is 5.75 Å². The monoisotopic (exact) mass is 578 g/mol. The van der Waals surface area contributed by atoms with Gasteiger partial charge in [-0.1, -0.05) is 25.5 Å². The first kappa shape index (κ1) is 30.7. The topological polar surface area (TPSA) is 111 Å². The van der Waals surface area contributed by atoms with Crippen molar-refractivity contribution >= 4 is 21.9 Å². The molecule has 1 amide bonds. The quantitative estimate of drug-likeness (QED) is 0.357. The Balaban J connectivity index is 1.57. The Morgan fingerprint density at radius 3 is 2.60 bits per heavy atom. The molecule has 224 valence electrons. The predicted octanol–water partition coefficient (Wildman–Crippen LogP) is 2.10. The van der Waals surface area contributed by atoms with E-state index < -0.39 is 28.0 Å². The van der Waals surface area contributed by atoms with E-state index in [9.17, 15) is 23.1 Å². The zero-order chi connectivity index (χ0) is 28.9. The minimum atomic E-state index is -3.30. The molecule has 3 unspecified atom stereocenters. The Hall–Kier alpha value is -2.21. The summed E-state index contributed by atoms with van der Waals surface area (Å²) in [6, 6.07) is 5.49. The van der Waals surface area contributed by atoms with Crippen LogP contribution in [0.2, 0.25) is 0 Å². The first-order valence-electron chi connectivity index (χ1n) is 14.7. The second-order valence-electron chi connectivity index (χ2n) is 11.7. The minimum Gasteiger partial charge on any atom is -0.493 e. The number of carbonyl (C=O) groups is 2. The Morgan fingerprint density at radius 2 is 1.93 bits per heavy atom. The van der Waals surface area contributed by atoms with Gasteiger partial charge in [0.1, 0.15) is 5.75 Å². The summed E-state index contributed by atoms with van der Waals surface area (Å²) in [5.74, 6) is -0.939. The van der Waals surface area contributed by atoms with Crippen LogP contribution in [0.1, 0.15) is 56.1 Å². The lowest BCUT2D eigenvalue weighted by atomic mass is 9.83. The van der Waals surface area contributed by atoms with E-state index in [4.69, 9.17) is 4.74 Å². The summed E-state index contributed by atoms with van der Waals surface area (Å²) in [5.41, 5.74) is 2.03. The fourth-order valence-electron chi connectivity index (χ4n) is 6.41. The summed E-state index contributed by atoms with van der Waals surface area (Å²) in [4.78, 5) is 32.5. The summed E-state index contributed by atoms with van der Waals surface area (Å²) in [6.45, 7) is 6.29. The number of amides is 1. The highest BCUT2D eigenvalue weighted by Crippen LogP contribution is 2.41. The van der Waals surface area contributed by atoms with Gasteiger partial charge < -0.3 is 19.6 Å². The van der Waals surface area contributed by atoms with Crippen molar-refractivity contribution in [1.29, 1.82) is 0 Å². The number of sulfonamides is 1. The van der Waals surface area contributed by atoms with E-state index in [1.54, 1.807) is 0 Å². The van der Waals surface area contributed by atoms with E-state index >= 15 is 0 Å². The third-order valence-corrected chi connectivity index (χ3v) is 10.5. The maximum Gasteiger partial charge on any atom is 0.308 e. The highest BCUT2D eigenvalue weighted by atomic mass is 32.2. The maximum atomic E-state index is 13.7. The average molecular weight is 579 g/mol. The first-order chi connectivity index (χ1) is 19.1. The largest absolute Gasteiger partial charge is 0.493 e. The fourth-order valence-corrected chi connectivity index (χ4v) is 7.95. The summed E-state index contributed by atoms with van der Waals surface area (Å²) >= 11 is 0. The van der Waals surface area contributed by atoms with Gasteiger partial charge in [-0.15, -0.1) is 0 Å². The lowest BCUT2D eigenvalue weighted by Gasteiger charge is -2.30. The van der Waals surface area contributed by atoms with Gasteiger partial charge in [0.2, 0.25) is 15.9 Å². The van der Waals surface area contributed by atoms with Crippen LogP contribution in [-0.2, 0) is 26.0 Å². The van der Waals surface area contributed by atoms with Crippen molar-refractivity contribution < 1.29 is 27.9 Å². The fraction of sp³-hybridized carbons (Fsp3) is 0.724. The number of aliphatic carboxylic acids is 1. The van der Waals surface area contributed by atoms with Crippen molar-refractivity contribution in [2.24, 2.45) is 5.92 Å². The van der Waals surface area contributed by atoms with E-state index in [0.29, 0.717) is 45.6 Å². The summed E-state index contributed by atoms with van der Waals surface area (Å²) < 4.78 is 32.1. The number of ether oxygens (including phenoxy) is 1. The molecule has 0 aliphatic carbocycles. The van der Waals surface area contributed by atoms with Crippen molar-refractivity contribution in [2.45, 2.75) is 57.4 Å². The van der Waals surface area contributed by atoms with Crippen molar-refractivity contribution in [1.82, 2.24) is 19.0 Å². The van der Waals surface area contributed by atoms with Gasteiger partial charge in [-0.2, -0.15) is 0 Å². The summed E-state index contributed by atoms with van der Waals surface area (Å²) in [7, 11) is 0.741. The number of carbonyl (C=O) groups excluding carboxylic acids is 1. The number of carboxylic acid groups (broad SMARTS) is 1. The van der Waals surface area contributed by atoms with Gasteiger partial charge in [-0.3, -0.25) is 14.5 Å². The Kier molecular flexibility index (Phi) is 10.5. The number of nitrogens with zero attached hydrogens (tertiary/aromatic N) is 4. The summed E-state index contributed by atoms with van der Waals surface area (Å²) in [5, 5.41) is 10.5. The van der Waals surface area contributed by atoms with E-state index in [-0.39, 0.29) is 30.7 Å². The average Bonchev–Trinajstić information content (AvgIpc) is 3.60. The van der Waals surface area contributed by atoms with Gasteiger partial charge in [0, 0.05) is 51.1 Å². The lowest BCUT2D eigenvalue weighted by molar-refractivity contribution is -0.143. The molecule has 4 rings (SSSR count). The summed E-state index contributed by atoms with van der Waals surface area (Å²) in [6.07, 6.45) is 4.54. The number of benzene rings is 1. The van der Waals surface area contributed by atoms with E-state index in [1.165, 1.54) is 4.31 Å². The first-order valence-corrected chi connectivity index (χ1v) is 16.3. The van der Waals surface area contributed by atoms with Gasteiger partial charge in [0.25, 0.3) is 0 Å². The molecule has 1 aromatic carbocycles. The number of hydrogen-bond acceptors (Lipinski definition) is 7. The molecule has 3 heterocycles. The number of carboxylic acids is 1. The van der Waals surface area contributed by atoms with Crippen LogP contribution in [-0.4, -0.2) is 123 Å². The van der Waals surface area contributed by atoms with Crippen LogP contribution in [0.4, 0.5) is 0 Å². The molecule has 40 heavy (non-hydrogen) atoms. The number of likely N-dealkylation sites (tertiary alicyclic amines) is 1. The standard InChI is InChI=1S/C29H46N4O6S/c1-4-5-13-31(14-6-12-30(2)3)27(34)21-32-20-24(22-8-9-26-23(19-22)11-17-39-26)28(29(35)36)25(32)10-16-33-15-7-18-40(33,37)38/h8-9,19,24-25,28H,4-7,10-18,20-21H2,1-3H3,(H,35,36). The smallest absolute Gasteiger partial charge is 0.308 e. The van der Waals surface area contributed by atoms with Crippen LogP contribution in [0.25, 0.3) is 0 Å². The third kappa shape index (κ3) is 7.35. The lowest BCUT2D eigenvalue weighted by Crippen LogP contribution is -2.46. The maximum absolute atomic E-state index is 13.7. The number of rotatable bonds is 14. The van der Waals surface area contributed by atoms with Crippen LogP contribution in [0.15, 0.2) is 18.2 Å². The molecule has 0 bridgehead atoms. The molecule has 0 spiro atoms. The normalized spacial score (nSPS) is 24.4. The van der Waals surface area contributed by atoms with E-state index in [0.717, 1.165) is 49.1 Å². The van der Waals surface area contributed by atoms with Crippen molar-refractivity contribution in [3.05, 3.63) is 29.3 Å². The second kappa shape index (κ2) is 13.6. The van der Waals surface area contributed by atoms with Gasteiger partial charge in [-0.25, -0.2) is 12.7 Å². The molecular weight excluding hydrogens is 532 g/mol. The molecular formula is C29H46N4O6S. The number of unbranched alkanes of at least 4 members (excludes halogenated alkanes) is 1. The molecule has 1 N–H and O–H groups in total. The van der Waals surface area contributed by atoms with Crippen LogP contribution in [0.3, 0.4) is 0 Å². The molecule has 1 aromatic rings. The molecule has 11 heteroatoms. The predicted molar refractivity (Wildman–Crippen MR) is 154 cm³/mol. The zero-order valence-corrected chi connectivity index (χ0v) is 25.1. The highest BCUT2D eigenvalue weighted by Gasteiger charge is 2.47. The molecule has 10 nitrogen and oxygen atoms in total. The number of fused-ring (bicyclic) bond motifs is 1. The molecule has 0 aromatic heterocycles. The molecule has 3 aliphatic rings. The zero-order valence-electron chi connectivity index (χ0n) is 24.3. The molecule has 2 saturated heterocycles. The Labute approximate surface area is 239 Å². The molecule has 0 saturated carbocycles. The molecule has 2 fully saturated rings.